The number of halogens is 8. The fourth-order valence-corrected chi connectivity index (χ4v) is 5.16. The second kappa shape index (κ2) is 13.6. The lowest BCUT2D eigenvalue weighted by atomic mass is 9.99. The van der Waals surface area contributed by atoms with E-state index >= 15 is 4.39 Å². The molecule has 4 aromatic carbocycles. The number of rotatable bonds is 10. The minimum Gasteiger partial charge on any atom is -0.429 e. The molecule has 0 unspecified atom stereocenters. The molecule has 4 aromatic rings. The van der Waals surface area contributed by atoms with Crippen molar-refractivity contribution in [3.63, 3.8) is 0 Å². The molecule has 1 heterocycles. The van der Waals surface area contributed by atoms with Gasteiger partial charge in [0.05, 0.1) is 13.2 Å². The van der Waals surface area contributed by atoms with Gasteiger partial charge in [-0.15, -0.1) is 0 Å². The van der Waals surface area contributed by atoms with Crippen molar-refractivity contribution in [2.24, 2.45) is 5.92 Å². The minimum absolute atomic E-state index is 0.0807. The Morgan fingerprint density at radius 3 is 1.91 bits per heavy atom. The van der Waals surface area contributed by atoms with Crippen LogP contribution in [0, 0.1) is 40.8 Å². The Morgan fingerprint density at radius 2 is 1.29 bits per heavy atom. The van der Waals surface area contributed by atoms with Crippen LogP contribution < -0.4 is 4.74 Å². The summed E-state index contributed by atoms with van der Waals surface area (Å²) in [7, 11) is 0. The molecule has 1 fully saturated rings. The van der Waals surface area contributed by atoms with Crippen molar-refractivity contribution >= 4 is 0 Å². The molecular formula is C34H28F8O3. The first kappa shape index (κ1) is 32.4. The first-order chi connectivity index (χ1) is 21.5. The number of ether oxygens (including phenoxy) is 3. The van der Waals surface area contributed by atoms with Crippen molar-refractivity contribution in [1.82, 2.24) is 0 Å². The summed E-state index contributed by atoms with van der Waals surface area (Å²) < 4.78 is 132. The van der Waals surface area contributed by atoms with Crippen LogP contribution in [0.4, 0.5) is 35.1 Å². The summed E-state index contributed by atoms with van der Waals surface area (Å²) in [6.07, 6.45) is -1.23. The normalized spacial score (nSPS) is 17.0. The van der Waals surface area contributed by atoms with Crippen molar-refractivity contribution in [2.75, 3.05) is 13.2 Å². The Hall–Kier alpha value is -3.96. The molecule has 0 amide bonds. The molecule has 1 aliphatic rings. The van der Waals surface area contributed by atoms with Crippen molar-refractivity contribution in [2.45, 2.75) is 45.0 Å². The van der Waals surface area contributed by atoms with Gasteiger partial charge in [-0.05, 0) is 60.0 Å². The summed E-state index contributed by atoms with van der Waals surface area (Å²) in [5.41, 5.74) is -2.36. The zero-order chi connectivity index (χ0) is 32.3. The summed E-state index contributed by atoms with van der Waals surface area (Å²) in [6.45, 7) is 2.99. The molecule has 1 saturated heterocycles. The van der Waals surface area contributed by atoms with E-state index in [-0.39, 0.29) is 28.2 Å². The van der Waals surface area contributed by atoms with Gasteiger partial charge in [0.1, 0.15) is 34.6 Å². The average Bonchev–Trinajstić information content (AvgIpc) is 2.98. The third-order valence-electron chi connectivity index (χ3n) is 7.51. The highest BCUT2D eigenvalue weighted by Gasteiger charge is 2.41. The zero-order valence-corrected chi connectivity index (χ0v) is 24.0. The Bertz CT molecular complexity index is 1640. The standard InChI is InChI=1S/C34H28F8O3/c1-2-3-4-5-19-17-43-33(44-18-19)21-6-9-25(27(36)13-21)22-14-30(39)32(31(40)15-22)34(41,42)45-23-8-10-24(28(37)16-23)20-7-11-26(35)29(38)12-20/h6-16,19,33H,2-5,17-18H2,1H3. The summed E-state index contributed by atoms with van der Waals surface area (Å²) >= 11 is 0. The highest BCUT2D eigenvalue weighted by atomic mass is 19.3. The number of benzene rings is 4. The van der Waals surface area contributed by atoms with E-state index in [0.717, 1.165) is 56.0 Å². The maximum atomic E-state index is 15.1. The quantitative estimate of drug-likeness (QED) is 0.128. The van der Waals surface area contributed by atoms with Gasteiger partial charge in [-0.2, -0.15) is 8.78 Å². The van der Waals surface area contributed by atoms with E-state index in [0.29, 0.717) is 43.0 Å². The van der Waals surface area contributed by atoms with Crippen LogP contribution in [0.25, 0.3) is 22.3 Å². The first-order valence-corrected chi connectivity index (χ1v) is 14.3. The van der Waals surface area contributed by atoms with E-state index in [1.165, 1.54) is 12.1 Å². The highest BCUT2D eigenvalue weighted by molar-refractivity contribution is 5.66. The summed E-state index contributed by atoms with van der Waals surface area (Å²) in [5, 5.41) is 0. The Kier molecular flexibility index (Phi) is 9.79. The molecule has 0 radical (unpaired) electrons. The summed E-state index contributed by atoms with van der Waals surface area (Å²) in [4.78, 5) is 0. The van der Waals surface area contributed by atoms with Gasteiger partial charge in [0.25, 0.3) is 0 Å². The molecule has 0 saturated carbocycles. The van der Waals surface area contributed by atoms with Gasteiger partial charge in [0.2, 0.25) is 0 Å². The van der Waals surface area contributed by atoms with Crippen LogP contribution in [-0.2, 0) is 15.6 Å². The van der Waals surface area contributed by atoms with Crippen LogP contribution >= 0.6 is 0 Å². The number of unbranched alkanes of at least 4 members (excludes halogenated alkanes) is 2. The fraction of sp³-hybridized carbons (Fsp3) is 0.294. The molecular weight excluding hydrogens is 608 g/mol. The monoisotopic (exact) mass is 636 g/mol. The van der Waals surface area contributed by atoms with Gasteiger partial charge in [-0.25, -0.2) is 26.3 Å². The predicted octanol–water partition coefficient (Wildman–Crippen LogP) is 10.2. The molecule has 0 spiro atoms. The van der Waals surface area contributed by atoms with E-state index < -0.39 is 58.6 Å². The largest absolute Gasteiger partial charge is 0.432 e. The zero-order valence-electron chi connectivity index (χ0n) is 24.0. The van der Waals surface area contributed by atoms with Gasteiger partial charge in [-0.1, -0.05) is 44.4 Å². The molecule has 0 bridgehead atoms. The maximum absolute atomic E-state index is 15.1. The van der Waals surface area contributed by atoms with Crippen LogP contribution in [0.1, 0.15) is 50.0 Å². The topological polar surface area (TPSA) is 27.7 Å². The maximum Gasteiger partial charge on any atom is 0.432 e. The van der Waals surface area contributed by atoms with E-state index in [2.05, 4.69) is 11.7 Å². The molecule has 5 rings (SSSR count). The molecule has 238 valence electrons. The van der Waals surface area contributed by atoms with Gasteiger partial charge in [0.15, 0.2) is 17.9 Å². The van der Waals surface area contributed by atoms with Crippen LogP contribution in [0.15, 0.2) is 66.7 Å². The van der Waals surface area contributed by atoms with Crippen LogP contribution in [-0.4, -0.2) is 13.2 Å². The second-order valence-electron chi connectivity index (χ2n) is 10.8. The van der Waals surface area contributed by atoms with Crippen LogP contribution in [0.5, 0.6) is 5.75 Å². The van der Waals surface area contributed by atoms with Gasteiger partial charge in [0, 0.05) is 28.7 Å². The molecule has 45 heavy (non-hydrogen) atoms. The number of hydrogen-bond donors (Lipinski definition) is 0. The predicted molar refractivity (Wildman–Crippen MR) is 150 cm³/mol. The van der Waals surface area contributed by atoms with E-state index in [1.54, 1.807) is 0 Å². The second-order valence-corrected chi connectivity index (χ2v) is 10.8. The third-order valence-corrected chi connectivity index (χ3v) is 7.51. The fourth-order valence-electron chi connectivity index (χ4n) is 5.16. The highest BCUT2D eigenvalue weighted by Crippen LogP contribution is 2.39. The first-order valence-electron chi connectivity index (χ1n) is 14.3. The molecule has 1 aliphatic heterocycles. The van der Waals surface area contributed by atoms with Crippen molar-refractivity contribution in [1.29, 1.82) is 0 Å². The van der Waals surface area contributed by atoms with Crippen LogP contribution in [0.3, 0.4) is 0 Å². The van der Waals surface area contributed by atoms with E-state index in [9.17, 15) is 30.7 Å². The van der Waals surface area contributed by atoms with E-state index in [1.807, 2.05) is 0 Å². The molecule has 0 aromatic heterocycles. The summed E-state index contributed by atoms with van der Waals surface area (Å²) in [5.74, 6) is -8.46. The third kappa shape index (κ3) is 7.31. The molecule has 3 nitrogen and oxygen atoms in total. The van der Waals surface area contributed by atoms with Crippen molar-refractivity contribution in [3.8, 4) is 28.0 Å². The van der Waals surface area contributed by atoms with Gasteiger partial charge in [-0.3, -0.25) is 0 Å². The average molecular weight is 637 g/mol. The molecule has 0 aliphatic carbocycles. The molecule has 11 heteroatoms. The van der Waals surface area contributed by atoms with Crippen molar-refractivity contribution < 1.29 is 49.3 Å². The Labute approximate surface area is 254 Å². The van der Waals surface area contributed by atoms with Gasteiger partial charge < -0.3 is 14.2 Å². The lowest BCUT2D eigenvalue weighted by Gasteiger charge is -2.29. The smallest absolute Gasteiger partial charge is 0.429 e. The number of hydrogen-bond acceptors (Lipinski definition) is 3. The molecule has 0 atom stereocenters. The summed E-state index contributed by atoms with van der Waals surface area (Å²) in [6, 6.07) is 9.78. The lowest BCUT2D eigenvalue weighted by Crippen LogP contribution is -2.27. The van der Waals surface area contributed by atoms with Crippen molar-refractivity contribution in [3.05, 3.63) is 113 Å². The number of alkyl halides is 2. The van der Waals surface area contributed by atoms with Crippen LogP contribution in [0.2, 0.25) is 0 Å². The Balaban J connectivity index is 1.31. The van der Waals surface area contributed by atoms with E-state index in [4.69, 9.17) is 9.47 Å². The minimum atomic E-state index is -4.62. The Morgan fingerprint density at radius 1 is 0.667 bits per heavy atom. The SMILES string of the molecule is CCCCCC1COC(c2ccc(-c3cc(F)c(C(F)(F)Oc4ccc(-c5ccc(F)c(F)c5)c(F)c4)c(F)c3)c(F)c2)OC1. The lowest BCUT2D eigenvalue weighted by molar-refractivity contribution is -0.206. The molecule has 0 N–H and O–H groups in total. The van der Waals surface area contributed by atoms with Gasteiger partial charge >= 0.3 is 6.11 Å².